The van der Waals surface area contributed by atoms with Gasteiger partial charge in [-0.05, 0) is 46.2 Å². The Balaban J connectivity index is 2.51. The number of Topliss-reactive ketones (excluding diaryl/α,β-unsaturated/α-hetero) is 1. The first-order valence-corrected chi connectivity index (χ1v) is 7.74. The minimum absolute atomic E-state index is 0.124. The lowest BCUT2D eigenvalue weighted by Gasteiger charge is -2.38. The molecular weight excluding hydrogens is 260 g/mol. The number of nitrogens with one attached hydrogen (secondary N) is 1. The molecule has 0 saturated carbocycles. The standard InChI is InChI=1S/C18H26N2O/c1-12(2)20(13(3)4)18(10-14(5)21)16-11-19-17-9-7-6-8-15(16)17/h6-9,11-13,18-19H,10H2,1-5H3. The lowest BCUT2D eigenvalue weighted by atomic mass is 9.96. The molecule has 3 nitrogen and oxygen atoms in total. The predicted molar refractivity (Wildman–Crippen MR) is 88.4 cm³/mol. The van der Waals surface area contributed by atoms with Crippen molar-refractivity contribution < 1.29 is 4.79 Å². The fourth-order valence-electron chi connectivity index (χ4n) is 3.33. The molecule has 21 heavy (non-hydrogen) atoms. The molecule has 0 aliphatic rings. The Morgan fingerprint density at radius 1 is 1.14 bits per heavy atom. The molecule has 114 valence electrons. The summed E-state index contributed by atoms with van der Waals surface area (Å²) in [5, 5.41) is 1.22. The Morgan fingerprint density at radius 3 is 2.33 bits per heavy atom. The van der Waals surface area contributed by atoms with Gasteiger partial charge in [0.05, 0.1) is 0 Å². The topological polar surface area (TPSA) is 36.1 Å². The molecule has 1 atom stereocenters. The summed E-state index contributed by atoms with van der Waals surface area (Å²) in [5.74, 6) is 0.233. The highest BCUT2D eigenvalue weighted by Crippen LogP contribution is 2.33. The zero-order valence-corrected chi connectivity index (χ0v) is 13.7. The summed E-state index contributed by atoms with van der Waals surface area (Å²) in [5.41, 5.74) is 2.36. The van der Waals surface area contributed by atoms with Gasteiger partial charge in [-0.3, -0.25) is 9.69 Å². The summed E-state index contributed by atoms with van der Waals surface area (Å²) in [7, 11) is 0. The third kappa shape index (κ3) is 3.35. The second-order valence-electron chi connectivity index (χ2n) is 6.35. The predicted octanol–water partition coefficient (Wildman–Crippen LogP) is 4.31. The first-order chi connectivity index (χ1) is 9.91. The second kappa shape index (κ2) is 6.44. The molecule has 0 aliphatic carbocycles. The number of ketones is 1. The number of nitrogens with zero attached hydrogens (tertiary/aromatic N) is 1. The molecule has 1 unspecified atom stereocenters. The number of fused-ring (bicyclic) bond motifs is 1. The maximum Gasteiger partial charge on any atom is 0.131 e. The highest BCUT2D eigenvalue weighted by molar-refractivity contribution is 5.85. The van der Waals surface area contributed by atoms with Crippen molar-refractivity contribution in [2.24, 2.45) is 0 Å². The lowest BCUT2D eigenvalue weighted by molar-refractivity contribution is -0.118. The van der Waals surface area contributed by atoms with E-state index < -0.39 is 0 Å². The third-order valence-electron chi connectivity index (χ3n) is 4.01. The summed E-state index contributed by atoms with van der Waals surface area (Å²) in [6.07, 6.45) is 2.62. The fraction of sp³-hybridized carbons (Fsp3) is 0.500. The van der Waals surface area contributed by atoms with E-state index in [9.17, 15) is 4.79 Å². The maximum atomic E-state index is 11.8. The number of carbonyl (C=O) groups excluding carboxylic acids is 1. The number of carbonyl (C=O) groups is 1. The number of benzene rings is 1. The summed E-state index contributed by atoms with van der Waals surface area (Å²) >= 11 is 0. The van der Waals surface area contributed by atoms with Crippen LogP contribution in [0.3, 0.4) is 0 Å². The lowest BCUT2D eigenvalue weighted by Crippen LogP contribution is -2.40. The van der Waals surface area contributed by atoms with Gasteiger partial charge in [-0.25, -0.2) is 0 Å². The molecule has 0 radical (unpaired) electrons. The Hall–Kier alpha value is -1.61. The van der Waals surface area contributed by atoms with Gasteiger partial charge in [-0.1, -0.05) is 18.2 Å². The highest BCUT2D eigenvalue weighted by Gasteiger charge is 2.28. The summed E-state index contributed by atoms with van der Waals surface area (Å²) in [6.45, 7) is 10.5. The van der Waals surface area contributed by atoms with E-state index in [-0.39, 0.29) is 11.8 Å². The van der Waals surface area contributed by atoms with E-state index in [1.54, 1.807) is 6.92 Å². The quantitative estimate of drug-likeness (QED) is 0.859. The van der Waals surface area contributed by atoms with Crippen LogP contribution in [0.1, 0.15) is 52.6 Å². The first kappa shape index (κ1) is 15.8. The van der Waals surface area contributed by atoms with Crippen LogP contribution in [0.15, 0.2) is 30.5 Å². The maximum absolute atomic E-state index is 11.8. The van der Waals surface area contributed by atoms with Gasteiger partial charge in [0.2, 0.25) is 0 Å². The number of hydrogen-bond acceptors (Lipinski definition) is 2. The van der Waals surface area contributed by atoms with Crippen LogP contribution in [-0.4, -0.2) is 27.8 Å². The van der Waals surface area contributed by atoms with Gasteiger partial charge in [0, 0.05) is 41.6 Å². The van der Waals surface area contributed by atoms with Crippen molar-refractivity contribution in [1.82, 2.24) is 9.88 Å². The highest BCUT2D eigenvalue weighted by atomic mass is 16.1. The second-order valence-corrected chi connectivity index (χ2v) is 6.35. The van der Waals surface area contributed by atoms with E-state index in [0.717, 1.165) is 5.52 Å². The van der Waals surface area contributed by atoms with Crippen LogP contribution in [0.5, 0.6) is 0 Å². The van der Waals surface area contributed by atoms with E-state index in [1.165, 1.54) is 10.9 Å². The van der Waals surface area contributed by atoms with E-state index in [1.807, 2.05) is 6.07 Å². The van der Waals surface area contributed by atoms with E-state index in [0.29, 0.717) is 18.5 Å². The average Bonchev–Trinajstić information content (AvgIpc) is 2.80. The van der Waals surface area contributed by atoms with Gasteiger partial charge in [0.25, 0.3) is 0 Å². The molecule has 1 N–H and O–H groups in total. The Morgan fingerprint density at radius 2 is 1.76 bits per heavy atom. The van der Waals surface area contributed by atoms with Crippen LogP contribution < -0.4 is 0 Å². The Kier molecular flexibility index (Phi) is 4.84. The van der Waals surface area contributed by atoms with Gasteiger partial charge < -0.3 is 4.98 Å². The van der Waals surface area contributed by atoms with Crippen LogP contribution in [0.25, 0.3) is 10.9 Å². The number of H-pyrrole nitrogens is 1. The molecular formula is C18H26N2O. The normalized spacial score (nSPS) is 13.5. The molecule has 2 aromatic rings. The van der Waals surface area contributed by atoms with Crippen molar-refractivity contribution in [3.63, 3.8) is 0 Å². The van der Waals surface area contributed by atoms with Crippen LogP contribution >= 0.6 is 0 Å². The molecule has 3 heteroatoms. The van der Waals surface area contributed by atoms with Gasteiger partial charge in [0.1, 0.15) is 5.78 Å². The van der Waals surface area contributed by atoms with Gasteiger partial charge in [0.15, 0.2) is 0 Å². The monoisotopic (exact) mass is 286 g/mol. The van der Waals surface area contributed by atoms with Crippen LogP contribution in [0.2, 0.25) is 0 Å². The van der Waals surface area contributed by atoms with Gasteiger partial charge >= 0.3 is 0 Å². The molecule has 1 heterocycles. The minimum atomic E-state index is 0.124. The largest absolute Gasteiger partial charge is 0.361 e. The molecule has 1 aromatic carbocycles. The fourth-order valence-corrected chi connectivity index (χ4v) is 3.33. The number of aromatic amines is 1. The molecule has 0 amide bonds. The summed E-state index contributed by atoms with van der Waals surface area (Å²) in [4.78, 5) is 17.6. The van der Waals surface area contributed by atoms with E-state index in [2.05, 4.69) is 62.0 Å². The first-order valence-electron chi connectivity index (χ1n) is 7.74. The molecule has 0 fully saturated rings. The zero-order valence-electron chi connectivity index (χ0n) is 13.7. The molecule has 0 saturated heterocycles. The van der Waals surface area contributed by atoms with E-state index in [4.69, 9.17) is 0 Å². The average molecular weight is 286 g/mol. The van der Waals surface area contributed by atoms with Crippen molar-refractivity contribution in [2.75, 3.05) is 0 Å². The van der Waals surface area contributed by atoms with Crippen LogP contribution in [0.4, 0.5) is 0 Å². The van der Waals surface area contributed by atoms with Crippen molar-refractivity contribution in [3.8, 4) is 0 Å². The zero-order chi connectivity index (χ0) is 15.6. The molecule has 1 aromatic heterocycles. The Bertz CT molecular complexity index is 604. The van der Waals surface area contributed by atoms with Crippen LogP contribution in [0, 0.1) is 0 Å². The summed E-state index contributed by atoms with van der Waals surface area (Å²) < 4.78 is 0. The smallest absolute Gasteiger partial charge is 0.131 e. The van der Waals surface area contributed by atoms with Crippen molar-refractivity contribution in [2.45, 2.75) is 59.2 Å². The molecule has 0 spiro atoms. The van der Waals surface area contributed by atoms with Crippen molar-refractivity contribution in [1.29, 1.82) is 0 Å². The van der Waals surface area contributed by atoms with Crippen LogP contribution in [-0.2, 0) is 4.79 Å². The minimum Gasteiger partial charge on any atom is -0.361 e. The SMILES string of the molecule is CC(=O)CC(c1c[nH]c2ccccc12)N(C(C)C)C(C)C. The van der Waals surface area contributed by atoms with Crippen molar-refractivity contribution >= 4 is 16.7 Å². The third-order valence-corrected chi connectivity index (χ3v) is 4.01. The molecule has 0 aliphatic heterocycles. The number of para-hydroxylation sites is 1. The number of rotatable bonds is 6. The van der Waals surface area contributed by atoms with Gasteiger partial charge in [-0.15, -0.1) is 0 Å². The van der Waals surface area contributed by atoms with Crippen molar-refractivity contribution in [3.05, 3.63) is 36.0 Å². The Labute approximate surface area is 127 Å². The molecule has 0 bridgehead atoms. The summed E-state index contributed by atoms with van der Waals surface area (Å²) in [6, 6.07) is 9.21. The number of aromatic nitrogens is 1. The van der Waals surface area contributed by atoms with Gasteiger partial charge in [-0.2, -0.15) is 0 Å². The molecule has 2 rings (SSSR count). The van der Waals surface area contributed by atoms with E-state index >= 15 is 0 Å². The number of hydrogen-bond donors (Lipinski definition) is 1.